The van der Waals surface area contributed by atoms with Gasteiger partial charge in [0.1, 0.15) is 0 Å². The van der Waals surface area contributed by atoms with Crippen molar-refractivity contribution in [2.75, 3.05) is 26.7 Å². The number of carbonyl (C=O) groups is 2. The number of carbonyl (C=O) groups excluding carboxylic acids is 2. The molecule has 3 aliphatic rings. The lowest BCUT2D eigenvalue weighted by Crippen LogP contribution is -2.41. The summed E-state index contributed by atoms with van der Waals surface area (Å²) in [7, 11) is 1.61. The highest BCUT2D eigenvalue weighted by molar-refractivity contribution is 6.39. The van der Waals surface area contributed by atoms with Crippen molar-refractivity contribution in [2.24, 2.45) is 0 Å². The van der Waals surface area contributed by atoms with Crippen molar-refractivity contribution in [1.29, 1.82) is 0 Å². The number of hydrogen-bond donors (Lipinski definition) is 3. The van der Waals surface area contributed by atoms with Crippen LogP contribution in [0.5, 0.6) is 5.88 Å². The summed E-state index contributed by atoms with van der Waals surface area (Å²) in [6.45, 7) is 3.84. The van der Waals surface area contributed by atoms with E-state index < -0.39 is 0 Å². The summed E-state index contributed by atoms with van der Waals surface area (Å²) in [6, 6.07) is 20.3. The predicted molar refractivity (Wildman–Crippen MR) is 188 cm³/mol. The van der Waals surface area contributed by atoms with Crippen LogP contribution in [-0.2, 0) is 29.1 Å². The average Bonchev–Trinajstić information content (AvgIpc) is 3.71. The molecule has 2 saturated heterocycles. The number of nitrogens with one attached hydrogen (secondary N) is 3. The molecule has 2 amide bonds. The Morgan fingerprint density at radius 1 is 0.812 bits per heavy atom. The van der Waals surface area contributed by atoms with Crippen LogP contribution in [0.3, 0.4) is 0 Å². The van der Waals surface area contributed by atoms with Gasteiger partial charge in [-0.15, -0.1) is 0 Å². The molecule has 2 aromatic carbocycles. The van der Waals surface area contributed by atoms with E-state index in [0.717, 1.165) is 78.1 Å². The minimum Gasteiger partial charge on any atom is -0.481 e. The quantitative estimate of drug-likeness (QED) is 0.194. The number of rotatable bonds is 10. The predicted octanol–water partition coefficient (Wildman–Crippen LogP) is 5.80. The van der Waals surface area contributed by atoms with Crippen molar-refractivity contribution in [3.05, 3.63) is 87.5 Å². The number of pyridine rings is 2. The van der Waals surface area contributed by atoms with Crippen LogP contribution < -0.4 is 20.7 Å². The van der Waals surface area contributed by atoms with Crippen molar-refractivity contribution in [1.82, 2.24) is 30.8 Å². The molecule has 48 heavy (non-hydrogen) atoms. The molecule has 2 unspecified atom stereocenters. The molecule has 2 aromatic heterocycles. The van der Waals surface area contributed by atoms with E-state index >= 15 is 0 Å². The first kappa shape index (κ1) is 32.5. The van der Waals surface area contributed by atoms with Gasteiger partial charge in [-0.1, -0.05) is 71.7 Å². The van der Waals surface area contributed by atoms with Gasteiger partial charge in [0.05, 0.1) is 28.5 Å². The van der Waals surface area contributed by atoms with E-state index in [1.165, 1.54) is 5.56 Å². The van der Waals surface area contributed by atoms with Crippen molar-refractivity contribution in [2.45, 2.75) is 57.3 Å². The molecule has 0 radical (unpaired) electrons. The van der Waals surface area contributed by atoms with E-state index in [1.807, 2.05) is 54.6 Å². The van der Waals surface area contributed by atoms with Gasteiger partial charge in [-0.2, -0.15) is 0 Å². The van der Waals surface area contributed by atoms with Gasteiger partial charge in [0.2, 0.25) is 17.7 Å². The molecule has 11 heteroatoms. The van der Waals surface area contributed by atoms with Crippen molar-refractivity contribution in [3.8, 4) is 39.5 Å². The maximum atomic E-state index is 11.6. The Labute approximate surface area is 290 Å². The summed E-state index contributed by atoms with van der Waals surface area (Å²) >= 11 is 14.2. The summed E-state index contributed by atoms with van der Waals surface area (Å²) in [4.78, 5) is 35.4. The Bertz CT molecular complexity index is 1780. The lowest BCUT2D eigenvalue weighted by Gasteiger charge is -2.30. The van der Waals surface area contributed by atoms with Crippen LogP contribution >= 0.6 is 23.2 Å². The molecule has 3 N–H and O–H groups in total. The molecule has 248 valence electrons. The van der Waals surface area contributed by atoms with Crippen LogP contribution in [-0.4, -0.2) is 65.5 Å². The third-order valence-corrected chi connectivity index (χ3v) is 10.3. The number of aromatic nitrogens is 2. The first-order chi connectivity index (χ1) is 23.4. The largest absolute Gasteiger partial charge is 0.481 e. The second-order valence-electron chi connectivity index (χ2n) is 12.7. The smallest absolute Gasteiger partial charge is 0.220 e. The second-order valence-corrected chi connectivity index (χ2v) is 13.5. The number of hydrogen-bond acceptors (Lipinski definition) is 7. The van der Waals surface area contributed by atoms with Gasteiger partial charge in [-0.25, -0.2) is 4.98 Å². The van der Waals surface area contributed by atoms with E-state index in [2.05, 4.69) is 26.9 Å². The van der Waals surface area contributed by atoms with Crippen LogP contribution in [0.4, 0.5) is 0 Å². The fourth-order valence-corrected chi connectivity index (χ4v) is 7.57. The van der Waals surface area contributed by atoms with Crippen LogP contribution in [0.2, 0.25) is 10.0 Å². The van der Waals surface area contributed by atoms with E-state index in [0.29, 0.717) is 47.6 Å². The standard InChI is InChI=1S/C37H38Cl2N6O3/c1-48-37-22(18-40-19-24-10-14-33(46)41-24)8-12-32(44-37)29-7-3-5-27(36(29)39)26-4-2-6-28(35(26)38)31-13-9-23-20-45(17-16-30(23)43-31)21-25-11-15-34(47)42-25/h2-9,12-13,24-25,40H,10-11,14-21H2,1H3,(H,41,46)(H,42,47). The number of amides is 2. The molecule has 0 aliphatic carbocycles. The van der Waals surface area contributed by atoms with Crippen molar-refractivity contribution >= 4 is 35.0 Å². The molecule has 5 heterocycles. The highest BCUT2D eigenvalue weighted by atomic mass is 35.5. The molecule has 3 aliphatic heterocycles. The number of fused-ring (bicyclic) bond motifs is 1. The van der Waals surface area contributed by atoms with E-state index in [9.17, 15) is 9.59 Å². The van der Waals surface area contributed by atoms with Gasteiger partial charge in [0.25, 0.3) is 0 Å². The zero-order chi connectivity index (χ0) is 33.2. The SMILES string of the molecule is COc1nc(-c2cccc(-c3cccc(-c4ccc5c(n4)CCN(CC4CCC(=O)N4)C5)c3Cl)c2Cl)ccc1CNCC1CCC(=O)N1. The molecule has 2 fully saturated rings. The van der Waals surface area contributed by atoms with Crippen LogP contribution in [0.25, 0.3) is 33.6 Å². The van der Waals surface area contributed by atoms with Gasteiger partial charge >= 0.3 is 0 Å². The summed E-state index contributed by atoms with van der Waals surface area (Å²) in [5.41, 5.74) is 7.99. The summed E-state index contributed by atoms with van der Waals surface area (Å²) in [5.74, 6) is 0.775. The Morgan fingerprint density at radius 3 is 2.08 bits per heavy atom. The Hall–Kier alpha value is -4.02. The summed E-state index contributed by atoms with van der Waals surface area (Å²) in [6.07, 6.45) is 3.79. The van der Waals surface area contributed by atoms with E-state index in [1.54, 1.807) is 7.11 Å². The number of ether oxygens (including phenoxy) is 1. The highest BCUT2D eigenvalue weighted by Gasteiger charge is 2.26. The Kier molecular flexibility index (Phi) is 9.64. The summed E-state index contributed by atoms with van der Waals surface area (Å²) in [5, 5.41) is 10.6. The lowest BCUT2D eigenvalue weighted by atomic mass is 9.97. The zero-order valence-electron chi connectivity index (χ0n) is 26.8. The second kappa shape index (κ2) is 14.2. The van der Waals surface area contributed by atoms with E-state index in [-0.39, 0.29) is 23.9 Å². The van der Waals surface area contributed by atoms with Gasteiger partial charge in [-0.05, 0) is 30.5 Å². The van der Waals surface area contributed by atoms with Crippen molar-refractivity contribution in [3.63, 3.8) is 0 Å². The van der Waals surface area contributed by atoms with Gasteiger partial charge in [0, 0.05) is 97.6 Å². The topological polar surface area (TPSA) is 108 Å². The molecule has 0 spiro atoms. The molecule has 7 rings (SSSR count). The number of benzene rings is 2. The van der Waals surface area contributed by atoms with Crippen molar-refractivity contribution < 1.29 is 14.3 Å². The zero-order valence-corrected chi connectivity index (χ0v) is 28.3. The van der Waals surface area contributed by atoms with Gasteiger partial charge in [0.15, 0.2) is 0 Å². The normalized spacial score (nSPS) is 19.2. The molecule has 9 nitrogen and oxygen atoms in total. The number of halogens is 2. The van der Waals surface area contributed by atoms with E-state index in [4.69, 9.17) is 37.9 Å². The first-order valence-corrected chi connectivity index (χ1v) is 17.2. The maximum Gasteiger partial charge on any atom is 0.220 e. The Balaban J connectivity index is 1.09. The molecule has 4 aromatic rings. The minimum atomic E-state index is 0.105. The fourth-order valence-electron chi connectivity index (χ4n) is 6.92. The van der Waals surface area contributed by atoms with Gasteiger partial charge < -0.3 is 20.7 Å². The average molecular weight is 686 g/mol. The highest BCUT2D eigenvalue weighted by Crippen LogP contribution is 2.42. The molecular formula is C37H38Cl2N6O3. The van der Waals surface area contributed by atoms with Crippen LogP contribution in [0.15, 0.2) is 60.7 Å². The number of methoxy groups -OCH3 is 1. The fraction of sp³-hybridized carbons (Fsp3) is 0.351. The molecule has 2 atom stereocenters. The molecule has 0 bridgehead atoms. The molecule has 0 saturated carbocycles. The third kappa shape index (κ3) is 6.91. The summed E-state index contributed by atoms with van der Waals surface area (Å²) < 4.78 is 5.65. The monoisotopic (exact) mass is 684 g/mol. The Morgan fingerprint density at radius 2 is 1.44 bits per heavy atom. The number of nitrogens with zero attached hydrogens (tertiary/aromatic N) is 3. The first-order valence-electron chi connectivity index (χ1n) is 16.5. The minimum absolute atomic E-state index is 0.105. The molecular weight excluding hydrogens is 647 g/mol. The van der Waals surface area contributed by atoms with Crippen LogP contribution in [0.1, 0.15) is 42.5 Å². The van der Waals surface area contributed by atoms with Crippen LogP contribution in [0, 0.1) is 0 Å². The third-order valence-electron chi connectivity index (χ3n) is 9.45. The lowest BCUT2D eigenvalue weighted by molar-refractivity contribution is -0.120. The maximum absolute atomic E-state index is 11.6. The van der Waals surface area contributed by atoms with Gasteiger partial charge in [-0.3, -0.25) is 19.5 Å².